The van der Waals surface area contributed by atoms with Crippen molar-refractivity contribution in [1.82, 2.24) is 19.6 Å². The Hall–Kier alpha value is -4.42. The van der Waals surface area contributed by atoms with Gasteiger partial charge in [-0.15, -0.1) is 5.10 Å². The van der Waals surface area contributed by atoms with Crippen LogP contribution in [-0.4, -0.2) is 51.3 Å². The van der Waals surface area contributed by atoms with Crippen molar-refractivity contribution in [3.63, 3.8) is 0 Å². The second-order valence-corrected chi connectivity index (χ2v) is 7.40. The number of nitrogens with zero attached hydrogens (tertiary/aromatic N) is 6. The summed E-state index contributed by atoms with van der Waals surface area (Å²) in [7, 11) is 0. The number of fused-ring (bicyclic) bond motifs is 2. The summed E-state index contributed by atoms with van der Waals surface area (Å²) >= 11 is 0. The van der Waals surface area contributed by atoms with Gasteiger partial charge in [-0.1, -0.05) is 0 Å². The Kier molecular flexibility index (Phi) is 4.89. The van der Waals surface area contributed by atoms with Crippen molar-refractivity contribution < 1.29 is 9.53 Å². The van der Waals surface area contributed by atoms with Gasteiger partial charge in [-0.2, -0.15) is 20.0 Å². The minimum Gasteiger partial charge on any atom is -0.379 e. The Labute approximate surface area is 182 Å². The molecule has 0 spiro atoms. The van der Waals surface area contributed by atoms with Crippen LogP contribution >= 0.6 is 0 Å². The molecular weight excluding hydrogens is 412 g/mol. The molecule has 12 nitrogen and oxygen atoms in total. The molecule has 0 atom stereocenters. The average Bonchev–Trinajstić information content (AvgIpc) is 3.48. The highest BCUT2D eigenvalue weighted by molar-refractivity contribution is 5.98. The Balaban J connectivity index is 1.59. The van der Waals surface area contributed by atoms with Gasteiger partial charge in [-0.05, 0) is 25.0 Å². The van der Waals surface area contributed by atoms with Crippen LogP contribution in [0.1, 0.15) is 24.1 Å². The van der Waals surface area contributed by atoms with Crippen LogP contribution in [0.15, 0.2) is 18.3 Å². The van der Waals surface area contributed by atoms with Crippen molar-refractivity contribution in [3.8, 4) is 12.1 Å². The SMILES string of the molecule is N#Cc1cc2c(c(Nc3nc(NC4CC4)c4ncc(C#N)n4n3)c1)NCCOCC(=O)N2. The highest BCUT2D eigenvalue weighted by Crippen LogP contribution is 2.35. The van der Waals surface area contributed by atoms with Gasteiger partial charge in [0.05, 0.1) is 41.5 Å². The number of rotatable bonds is 4. The van der Waals surface area contributed by atoms with Crippen LogP contribution in [0, 0.1) is 22.7 Å². The molecular formula is C20H18N10O2. The van der Waals surface area contributed by atoms with E-state index >= 15 is 0 Å². The summed E-state index contributed by atoms with van der Waals surface area (Å²) in [5.41, 5.74) is 2.58. The van der Waals surface area contributed by atoms with Gasteiger partial charge in [0, 0.05) is 12.6 Å². The Bertz CT molecular complexity index is 1300. The third-order valence-electron chi connectivity index (χ3n) is 4.96. The largest absolute Gasteiger partial charge is 0.379 e. The fourth-order valence-corrected chi connectivity index (χ4v) is 3.34. The normalized spacial score (nSPS) is 15.8. The quantitative estimate of drug-likeness (QED) is 0.477. The first-order valence-corrected chi connectivity index (χ1v) is 10.0. The van der Waals surface area contributed by atoms with Gasteiger partial charge in [0.1, 0.15) is 12.7 Å². The maximum atomic E-state index is 12.1. The maximum Gasteiger partial charge on any atom is 0.250 e. The summed E-state index contributed by atoms with van der Waals surface area (Å²) in [5.74, 6) is 0.399. The van der Waals surface area contributed by atoms with Gasteiger partial charge in [0.25, 0.3) is 0 Å². The Morgan fingerprint density at radius 3 is 2.91 bits per heavy atom. The van der Waals surface area contributed by atoms with Crippen molar-refractivity contribution in [2.24, 2.45) is 0 Å². The van der Waals surface area contributed by atoms with E-state index in [2.05, 4.69) is 48.5 Å². The summed E-state index contributed by atoms with van der Waals surface area (Å²) in [4.78, 5) is 20.9. The first-order valence-electron chi connectivity index (χ1n) is 10.0. The Morgan fingerprint density at radius 2 is 2.12 bits per heavy atom. The summed E-state index contributed by atoms with van der Waals surface area (Å²) < 4.78 is 6.72. The third-order valence-corrected chi connectivity index (χ3v) is 4.96. The highest BCUT2D eigenvalue weighted by Gasteiger charge is 2.24. The second kappa shape index (κ2) is 8.02. The molecule has 0 unspecified atom stereocenters. The zero-order valence-electron chi connectivity index (χ0n) is 16.8. The zero-order valence-corrected chi connectivity index (χ0v) is 16.8. The number of ether oxygens (including phenoxy) is 1. The zero-order chi connectivity index (χ0) is 22.1. The standard InChI is InChI=1S/C20H18N10O2/c21-7-11-5-14-17(23-3-4-32-10-16(31)26-14)15(6-11)27-20-28-18(25-12-1-2-12)19-24-9-13(8-22)30(19)29-20/h5-6,9,12,23H,1-4,10H2,(H,26,31)(H2,25,27,28,29). The fourth-order valence-electron chi connectivity index (χ4n) is 3.34. The van der Waals surface area contributed by atoms with E-state index < -0.39 is 0 Å². The number of carbonyl (C=O) groups excluding carboxylic acids is 1. The van der Waals surface area contributed by atoms with Gasteiger partial charge in [-0.25, -0.2) is 4.98 Å². The van der Waals surface area contributed by atoms with Crippen LogP contribution in [0.4, 0.5) is 28.8 Å². The summed E-state index contributed by atoms with van der Waals surface area (Å²) in [5, 5.41) is 35.7. The minimum absolute atomic E-state index is 0.0752. The number of amides is 1. The maximum absolute atomic E-state index is 12.1. The molecule has 5 rings (SSSR count). The number of aromatic nitrogens is 4. The molecule has 32 heavy (non-hydrogen) atoms. The number of hydrogen-bond acceptors (Lipinski definition) is 10. The molecule has 160 valence electrons. The first kappa shape index (κ1) is 19.5. The first-order chi connectivity index (χ1) is 15.6. The molecule has 3 heterocycles. The molecule has 2 aromatic heterocycles. The van der Waals surface area contributed by atoms with Gasteiger partial charge >= 0.3 is 0 Å². The minimum atomic E-state index is -0.318. The van der Waals surface area contributed by atoms with Gasteiger partial charge < -0.3 is 26.0 Å². The predicted octanol–water partition coefficient (Wildman–Crippen LogP) is 1.57. The smallest absolute Gasteiger partial charge is 0.250 e. The number of imidazole rings is 1. The van der Waals surface area contributed by atoms with Gasteiger partial charge in [-0.3, -0.25) is 4.79 Å². The fraction of sp³-hybridized carbons (Fsp3) is 0.300. The summed E-state index contributed by atoms with van der Waals surface area (Å²) in [6.45, 7) is 0.718. The molecule has 0 bridgehead atoms. The molecule has 1 saturated carbocycles. The lowest BCUT2D eigenvalue weighted by Gasteiger charge is -2.17. The number of nitrogens with one attached hydrogen (secondary N) is 4. The average molecular weight is 430 g/mol. The number of anilines is 5. The molecule has 3 aromatic rings. The lowest BCUT2D eigenvalue weighted by molar-refractivity contribution is -0.120. The van der Waals surface area contributed by atoms with Crippen molar-refractivity contribution in [3.05, 3.63) is 29.6 Å². The molecule has 1 fully saturated rings. The van der Waals surface area contributed by atoms with E-state index in [1.807, 2.05) is 0 Å². The predicted molar refractivity (Wildman–Crippen MR) is 115 cm³/mol. The lowest BCUT2D eigenvalue weighted by atomic mass is 10.1. The monoisotopic (exact) mass is 430 g/mol. The van der Waals surface area contributed by atoms with E-state index in [4.69, 9.17) is 4.74 Å². The van der Waals surface area contributed by atoms with E-state index in [0.717, 1.165) is 12.8 Å². The number of nitriles is 2. The van der Waals surface area contributed by atoms with Crippen molar-refractivity contribution in [2.45, 2.75) is 18.9 Å². The van der Waals surface area contributed by atoms with Crippen LogP contribution in [-0.2, 0) is 9.53 Å². The van der Waals surface area contributed by atoms with E-state index in [1.165, 1.54) is 10.7 Å². The molecule has 1 amide bonds. The molecule has 4 N–H and O–H groups in total. The molecule has 1 aliphatic heterocycles. The van der Waals surface area contributed by atoms with Crippen molar-refractivity contribution in [1.29, 1.82) is 10.5 Å². The Morgan fingerprint density at radius 1 is 1.25 bits per heavy atom. The van der Waals surface area contributed by atoms with Crippen LogP contribution in [0.2, 0.25) is 0 Å². The molecule has 1 aromatic carbocycles. The molecule has 1 aliphatic carbocycles. The lowest BCUT2D eigenvalue weighted by Crippen LogP contribution is -2.18. The van der Waals surface area contributed by atoms with Crippen LogP contribution in [0.3, 0.4) is 0 Å². The van der Waals surface area contributed by atoms with E-state index in [0.29, 0.717) is 53.3 Å². The van der Waals surface area contributed by atoms with E-state index in [-0.39, 0.29) is 24.2 Å². The van der Waals surface area contributed by atoms with Gasteiger partial charge in [0.2, 0.25) is 11.9 Å². The third kappa shape index (κ3) is 3.82. The summed E-state index contributed by atoms with van der Waals surface area (Å²) in [6.07, 6.45) is 3.51. The molecule has 12 heteroatoms. The van der Waals surface area contributed by atoms with Crippen LogP contribution in [0.25, 0.3) is 5.65 Å². The van der Waals surface area contributed by atoms with E-state index in [9.17, 15) is 15.3 Å². The summed E-state index contributed by atoms with van der Waals surface area (Å²) in [6, 6.07) is 7.70. The topological polar surface area (TPSA) is 165 Å². The van der Waals surface area contributed by atoms with Crippen molar-refractivity contribution >= 4 is 40.4 Å². The molecule has 0 saturated heterocycles. The second-order valence-electron chi connectivity index (χ2n) is 7.40. The van der Waals surface area contributed by atoms with Crippen LogP contribution < -0.4 is 21.3 Å². The molecule has 2 aliphatic rings. The van der Waals surface area contributed by atoms with Crippen LogP contribution in [0.5, 0.6) is 0 Å². The highest BCUT2D eigenvalue weighted by atomic mass is 16.5. The number of hydrogen-bond donors (Lipinski definition) is 4. The molecule has 0 radical (unpaired) electrons. The van der Waals surface area contributed by atoms with Gasteiger partial charge in [0.15, 0.2) is 17.2 Å². The number of benzene rings is 1. The van der Waals surface area contributed by atoms with E-state index in [1.54, 1.807) is 12.1 Å². The van der Waals surface area contributed by atoms with Crippen molar-refractivity contribution in [2.75, 3.05) is 41.0 Å². The number of carbonyl (C=O) groups is 1.